The van der Waals surface area contributed by atoms with E-state index in [1.807, 2.05) is 0 Å². The maximum atomic E-state index is 2.52. The van der Waals surface area contributed by atoms with Crippen molar-refractivity contribution in [3.63, 3.8) is 0 Å². The SMILES string of the molecule is CC(C)c1cc(C(C)(C)C)cc2c1C1(CC1)CN(C)C2. The number of benzene rings is 1. The summed E-state index contributed by atoms with van der Waals surface area (Å²) in [5, 5.41) is 0. The zero-order valence-corrected chi connectivity index (χ0v) is 14.0. The minimum absolute atomic E-state index is 0.241. The minimum Gasteiger partial charge on any atom is -0.301 e. The molecule has 1 fully saturated rings. The molecular formula is C19H29N. The lowest BCUT2D eigenvalue weighted by Crippen LogP contribution is -2.36. The molecule has 0 radical (unpaired) electrons. The summed E-state index contributed by atoms with van der Waals surface area (Å²) in [6, 6.07) is 5.01. The fourth-order valence-corrected chi connectivity index (χ4v) is 3.89. The summed E-state index contributed by atoms with van der Waals surface area (Å²) in [4.78, 5) is 2.52. The van der Waals surface area contributed by atoms with Gasteiger partial charge in [-0.15, -0.1) is 0 Å². The molecule has 2 aliphatic rings. The van der Waals surface area contributed by atoms with Gasteiger partial charge >= 0.3 is 0 Å². The van der Waals surface area contributed by atoms with E-state index >= 15 is 0 Å². The predicted octanol–water partition coefficient (Wildman–Crippen LogP) is 4.58. The highest BCUT2D eigenvalue weighted by Crippen LogP contribution is 2.54. The van der Waals surface area contributed by atoms with Crippen LogP contribution in [-0.4, -0.2) is 18.5 Å². The molecule has 3 rings (SSSR count). The highest BCUT2D eigenvalue weighted by atomic mass is 15.1. The van der Waals surface area contributed by atoms with Gasteiger partial charge in [0.15, 0.2) is 0 Å². The van der Waals surface area contributed by atoms with Crippen molar-refractivity contribution < 1.29 is 0 Å². The lowest BCUT2D eigenvalue weighted by Gasteiger charge is -2.37. The van der Waals surface area contributed by atoms with Crippen LogP contribution in [0.3, 0.4) is 0 Å². The van der Waals surface area contributed by atoms with Crippen molar-refractivity contribution in [2.75, 3.05) is 13.6 Å². The number of fused-ring (bicyclic) bond motifs is 2. The van der Waals surface area contributed by atoms with E-state index < -0.39 is 0 Å². The largest absolute Gasteiger partial charge is 0.301 e. The maximum absolute atomic E-state index is 2.52. The summed E-state index contributed by atoms with van der Waals surface area (Å²) in [6.45, 7) is 14.1. The number of hydrogen-bond donors (Lipinski definition) is 0. The molecule has 1 aromatic carbocycles. The Labute approximate surface area is 124 Å². The Morgan fingerprint density at radius 2 is 1.80 bits per heavy atom. The first kappa shape index (κ1) is 14.1. The smallest absolute Gasteiger partial charge is 0.0234 e. The van der Waals surface area contributed by atoms with Crippen molar-refractivity contribution in [3.05, 3.63) is 34.4 Å². The maximum Gasteiger partial charge on any atom is 0.0234 e. The second-order valence-electron chi connectivity index (χ2n) is 8.46. The lowest BCUT2D eigenvalue weighted by atomic mass is 9.75. The van der Waals surface area contributed by atoms with Gasteiger partial charge in [0.2, 0.25) is 0 Å². The molecule has 1 aliphatic carbocycles. The van der Waals surface area contributed by atoms with Crippen molar-refractivity contribution in [1.29, 1.82) is 0 Å². The lowest BCUT2D eigenvalue weighted by molar-refractivity contribution is 0.269. The van der Waals surface area contributed by atoms with Crippen molar-refractivity contribution in [1.82, 2.24) is 4.90 Å². The average Bonchev–Trinajstić information content (AvgIpc) is 3.05. The van der Waals surface area contributed by atoms with Crippen molar-refractivity contribution >= 4 is 0 Å². The third-order valence-corrected chi connectivity index (χ3v) is 5.14. The van der Waals surface area contributed by atoms with Crippen LogP contribution in [0.25, 0.3) is 0 Å². The Morgan fingerprint density at radius 1 is 1.15 bits per heavy atom. The van der Waals surface area contributed by atoms with Gasteiger partial charge in [-0.3, -0.25) is 0 Å². The quantitative estimate of drug-likeness (QED) is 0.722. The van der Waals surface area contributed by atoms with Gasteiger partial charge in [-0.1, -0.05) is 46.8 Å². The second kappa shape index (κ2) is 4.34. The van der Waals surface area contributed by atoms with Crippen LogP contribution in [0.1, 0.15) is 75.6 Å². The van der Waals surface area contributed by atoms with E-state index in [1.54, 1.807) is 16.7 Å². The molecule has 1 heterocycles. The van der Waals surface area contributed by atoms with E-state index in [0.29, 0.717) is 11.3 Å². The van der Waals surface area contributed by atoms with E-state index in [1.165, 1.54) is 24.9 Å². The molecule has 0 bridgehead atoms. The van der Waals surface area contributed by atoms with Crippen molar-refractivity contribution in [2.24, 2.45) is 0 Å². The predicted molar refractivity (Wildman–Crippen MR) is 86.5 cm³/mol. The molecule has 1 saturated carbocycles. The van der Waals surface area contributed by atoms with Gasteiger partial charge in [0.1, 0.15) is 0 Å². The monoisotopic (exact) mass is 271 g/mol. The molecule has 0 aromatic heterocycles. The van der Waals surface area contributed by atoms with Gasteiger partial charge in [0.05, 0.1) is 0 Å². The van der Waals surface area contributed by atoms with Crippen LogP contribution in [0.4, 0.5) is 0 Å². The second-order valence-corrected chi connectivity index (χ2v) is 8.46. The van der Waals surface area contributed by atoms with Crippen molar-refractivity contribution in [3.8, 4) is 0 Å². The fraction of sp³-hybridized carbons (Fsp3) is 0.684. The first-order valence-corrected chi connectivity index (χ1v) is 8.09. The van der Waals surface area contributed by atoms with Crippen molar-refractivity contribution in [2.45, 2.75) is 70.8 Å². The van der Waals surface area contributed by atoms with E-state index in [2.05, 4.69) is 58.7 Å². The highest BCUT2D eigenvalue weighted by molar-refractivity contribution is 5.51. The van der Waals surface area contributed by atoms with Gasteiger partial charge in [-0.25, -0.2) is 0 Å². The van der Waals surface area contributed by atoms with Crippen LogP contribution in [0.2, 0.25) is 0 Å². The van der Waals surface area contributed by atoms with Gasteiger partial charge in [0, 0.05) is 18.5 Å². The Kier molecular flexibility index (Phi) is 3.06. The molecule has 1 heteroatoms. The molecule has 0 N–H and O–H groups in total. The molecule has 0 unspecified atom stereocenters. The Hall–Kier alpha value is -0.820. The Bertz CT molecular complexity index is 529. The number of nitrogens with zero attached hydrogens (tertiary/aromatic N) is 1. The zero-order chi connectivity index (χ0) is 14.7. The van der Waals surface area contributed by atoms with Crippen LogP contribution in [0.15, 0.2) is 12.1 Å². The molecule has 0 saturated heterocycles. The Balaban J connectivity index is 2.21. The van der Waals surface area contributed by atoms with Crippen LogP contribution < -0.4 is 0 Å². The van der Waals surface area contributed by atoms with Gasteiger partial charge < -0.3 is 4.90 Å². The Morgan fingerprint density at radius 3 is 2.30 bits per heavy atom. The summed E-state index contributed by atoms with van der Waals surface area (Å²) < 4.78 is 0. The molecule has 0 atom stereocenters. The molecule has 1 aromatic rings. The fourth-order valence-electron chi connectivity index (χ4n) is 3.89. The van der Waals surface area contributed by atoms with Gasteiger partial charge in [0.25, 0.3) is 0 Å². The normalized spacial score (nSPS) is 21.4. The third-order valence-electron chi connectivity index (χ3n) is 5.14. The molecule has 1 aliphatic heterocycles. The van der Waals surface area contributed by atoms with E-state index in [-0.39, 0.29) is 5.41 Å². The number of hydrogen-bond acceptors (Lipinski definition) is 1. The summed E-state index contributed by atoms with van der Waals surface area (Å²) in [7, 11) is 2.28. The van der Waals surface area contributed by atoms with E-state index in [0.717, 1.165) is 6.54 Å². The molecule has 0 amide bonds. The molecular weight excluding hydrogens is 242 g/mol. The summed E-state index contributed by atoms with van der Waals surface area (Å²) >= 11 is 0. The van der Waals surface area contributed by atoms with Gasteiger partial charge in [-0.2, -0.15) is 0 Å². The van der Waals surface area contributed by atoms with Crippen LogP contribution >= 0.6 is 0 Å². The number of rotatable bonds is 1. The van der Waals surface area contributed by atoms with Crippen LogP contribution in [-0.2, 0) is 17.4 Å². The zero-order valence-electron chi connectivity index (χ0n) is 14.0. The topological polar surface area (TPSA) is 3.24 Å². The molecule has 1 nitrogen and oxygen atoms in total. The average molecular weight is 271 g/mol. The standard InChI is InChI=1S/C19H29N/c1-13(2)16-10-15(18(3,4)5)9-14-11-20(6)12-19(7-8-19)17(14)16/h9-10,13H,7-8,11-12H2,1-6H3. The third kappa shape index (κ3) is 2.20. The minimum atomic E-state index is 0.241. The highest BCUT2D eigenvalue weighted by Gasteiger charge is 2.49. The molecule has 110 valence electrons. The first-order chi connectivity index (χ1) is 9.23. The van der Waals surface area contributed by atoms with E-state index in [9.17, 15) is 0 Å². The first-order valence-electron chi connectivity index (χ1n) is 8.09. The van der Waals surface area contributed by atoms with E-state index in [4.69, 9.17) is 0 Å². The van der Waals surface area contributed by atoms with Crippen LogP contribution in [0, 0.1) is 0 Å². The number of likely N-dealkylation sites (N-methyl/N-ethyl adjacent to an activating group) is 1. The molecule has 20 heavy (non-hydrogen) atoms. The molecule has 1 spiro atoms. The van der Waals surface area contributed by atoms with Gasteiger partial charge in [-0.05, 0) is 53.5 Å². The summed E-state index contributed by atoms with van der Waals surface area (Å²) in [6.07, 6.45) is 2.78. The summed E-state index contributed by atoms with van der Waals surface area (Å²) in [5.74, 6) is 0.631. The summed E-state index contributed by atoms with van der Waals surface area (Å²) in [5.41, 5.74) is 7.19. The van der Waals surface area contributed by atoms with Crippen LogP contribution in [0.5, 0.6) is 0 Å².